The lowest BCUT2D eigenvalue weighted by Crippen LogP contribution is -2.32. The Hall–Kier alpha value is -3.47. The van der Waals surface area contributed by atoms with Gasteiger partial charge in [-0.05, 0) is 42.5 Å². The van der Waals surface area contributed by atoms with E-state index in [0.717, 1.165) is 41.0 Å². The van der Waals surface area contributed by atoms with Crippen molar-refractivity contribution in [1.82, 2.24) is 14.8 Å². The lowest BCUT2D eigenvalue weighted by Gasteiger charge is -2.34. The first kappa shape index (κ1) is 18.6. The summed E-state index contributed by atoms with van der Waals surface area (Å²) in [5, 5.41) is 8.19. The van der Waals surface area contributed by atoms with Crippen molar-refractivity contribution in [1.29, 1.82) is 0 Å². The Kier molecular flexibility index (Phi) is 4.58. The Morgan fingerprint density at radius 2 is 1.97 bits per heavy atom. The first-order valence-electron chi connectivity index (χ1n) is 10.4. The first-order chi connectivity index (χ1) is 14.7. The topological polar surface area (TPSA) is 59.8 Å². The monoisotopic (exact) mass is 396 g/mol. The molecular formula is C25H24N4O. The number of anilines is 1. The summed E-state index contributed by atoms with van der Waals surface area (Å²) in [5.74, 6) is 0.574. The SMILES string of the molecule is C=CC(=O)n1nc(NC2CCC2)c2c1CC(c1ccccc1)(c1cccnc1)C=C2. The standard InChI is InChI=1S/C25H24N4O/c1-2-23(30)29-22-16-25(18-8-4-3-5-9-18,19-10-7-15-26-17-19)14-13-21(22)24(28-29)27-20-11-6-12-20/h2-5,7-10,13-15,17,20H,1,6,11-12,16H2,(H,27,28). The van der Waals surface area contributed by atoms with Gasteiger partial charge < -0.3 is 5.32 Å². The molecule has 0 spiro atoms. The van der Waals surface area contributed by atoms with Crippen molar-refractivity contribution >= 4 is 17.8 Å². The molecule has 1 fully saturated rings. The number of carbonyl (C=O) groups is 1. The zero-order valence-electron chi connectivity index (χ0n) is 16.8. The Balaban J connectivity index is 1.66. The second-order valence-electron chi connectivity index (χ2n) is 8.02. The molecular weight excluding hydrogens is 372 g/mol. The molecule has 2 aliphatic carbocycles. The molecule has 2 heterocycles. The Morgan fingerprint density at radius 3 is 2.63 bits per heavy atom. The fourth-order valence-electron chi connectivity index (χ4n) is 4.41. The lowest BCUT2D eigenvalue weighted by molar-refractivity contribution is 0.0950. The van der Waals surface area contributed by atoms with Crippen LogP contribution in [0.3, 0.4) is 0 Å². The van der Waals surface area contributed by atoms with E-state index in [0.29, 0.717) is 12.5 Å². The van der Waals surface area contributed by atoms with Gasteiger partial charge in [-0.1, -0.05) is 55.1 Å². The van der Waals surface area contributed by atoms with Gasteiger partial charge in [0.05, 0.1) is 5.69 Å². The average molecular weight is 396 g/mol. The van der Waals surface area contributed by atoms with E-state index in [1.54, 1.807) is 6.20 Å². The maximum atomic E-state index is 12.7. The Bertz CT molecular complexity index is 1070. The smallest absolute Gasteiger partial charge is 0.270 e. The van der Waals surface area contributed by atoms with Crippen molar-refractivity contribution in [2.45, 2.75) is 37.1 Å². The van der Waals surface area contributed by atoms with Crippen LogP contribution in [-0.4, -0.2) is 26.7 Å². The van der Waals surface area contributed by atoms with Crippen LogP contribution in [0, 0.1) is 0 Å². The number of benzene rings is 1. The minimum atomic E-state index is -0.421. The van der Waals surface area contributed by atoms with Gasteiger partial charge in [0, 0.05) is 35.8 Å². The molecule has 1 aromatic carbocycles. The molecule has 1 unspecified atom stereocenters. The summed E-state index contributed by atoms with van der Waals surface area (Å²) in [7, 11) is 0. The number of fused-ring (bicyclic) bond motifs is 1. The van der Waals surface area contributed by atoms with E-state index in [4.69, 9.17) is 0 Å². The molecule has 2 aliphatic rings. The fourth-order valence-corrected chi connectivity index (χ4v) is 4.41. The normalized spacial score (nSPS) is 20.3. The largest absolute Gasteiger partial charge is 0.365 e. The van der Waals surface area contributed by atoms with Crippen molar-refractivity contribution < 1.29 is 4.79 Å². The summed E-state index contributed by atoms with van der Waals surface area (Å²) in [5.41, 5.74) is 3.72. The van der Waals surface area contributed by atoms with Crippen molar-refractivity contribution in [3.63, 3.8) is 0 Å². The van der Waals surface area contributed by atoms with Gasteiger partial charge in [-0.2, -0.15) is 4.68 Å². The highest BCUT2D eigenvalue weighted by molar-refractivity contribution is 5.91. The number of nitrogens with one attached hydrogen (secondary N) is 1. The number of nitrogens with zero attached hydrogens (tertiary/aromatic N) is 3. The van der Waals surface area contributed by atoms with Crippen LogP contribution in [-0.2, 0) is 11.8 Å². The number of pyridine rings is 1. The van der Waals surface area contributed by atoms with Crippen LogP contribution >= 0.6 is 0 Å². The molecule has 3 aromatic rings. The Labute approximate surface area is 176 Å². The maximum Gasteiger partial charge on any atom is 0.270 e. The van der Waals surface area contributed by atoms with Crippen LogP contribution in [0.1, 0.15) is 46.4 Å². The minimum Gasteiger partial charge on any atom is -0.365 e. The highest BCUT2D eigenvalue weighted by Crippen LogP contribution is 2.43. The maximum absolute atomic E-state index is 12.7. The number of rotatable bonds is 5. The molecule has 0 radical (unpaired) electrons. The third kappa shape index (κ3) is 2.98. The van der Waals surface area contributed by atoms with Crippen molar-refractivity contribution in [2.75, 3.05) is 5.32 Å². The Morgan fingerprint density at radius 1 is 1.17 bits per heavy atom. The highest BCUT2D eigenvalue weighted by Gasteiger charge is 2.38. The molecule has 150 valence electrons. The molecule has 30 heavy (non-hydrogen) atoms. The minimum absolute atomic E-state index is 0.212. The van der Waals surface area contributed by atoms with Gasteiger partial charge in [0.1, 0.15) is 0 Å². The van der Waals surface area contributed by atoms with Gasteiger partial charge in [0.25, 0.3) is 5.91 Å². The van der Waals surface area contributed by atoms with E-state index in [-0.39, 0.29) is 5.91 Å². The summed E-state index contributed by atoms with van der Waals surface area (Å²) in [6.45, 7) is 3.68. The average Bonchev–Trinajstić information content (AvgIpc) is 3.14. The van der Waals surface area contributed by atoms with Crippen LogP contribution in [0.15, 0.2) is 73.6 Å². The third-order valence-electron chi connectivity index (χ3n) is 6.30. The molecule has 0 saturated heterocycles. The zero-order valence-corrected chi connectivity index (χ0v) is 16.8. The number of aromatic nitrogens is 3. The molecule has 5 heteroatoms. The van der Waals surface area contributed by atoms with Gasteiger partial charge in [-0.3, -0.25) is 9.78 Å². The van der Waals surface area contributed by atoms with Crippen LogP contribution in [0.4, 0.5) is 5.82 Å². The number of allylic oxidation sites excluding steroid dienone is 2. The predicted octanol–water partition coefficient (Wildman–Crippen LogP) is 4.62. The van der Waals surface area contributed by atoms with Crippen LogP contribution in [0.25, 0.3) is 6.08 Å². The van der Waals surface area contributed by atoms with Gasteiger partial charge >= 0.3 is 0 Å². The second kappa shape index (κ2) is 7.41. The molecule has 2 aromatic heterocycles. The van der Waals surface area contributed by atoms with E-state index in [1.165, 1.54) is 17.2 Å². The molecule has 5 rings (SSSR count). The van der Waals surface area contributed by atoms with Crippen molar-refractivity contribution in [3.8, 4) is 0 Å². The fraction of sp³-hybridized carbons (Fsp3) is 0.240. The van der Waals surface area contributed by atoms with Crippen LogP contribution in [0.5, 0.6) is 0 Å². The molecule has 1 saturated carbocycles. The summed E-state index contributed by atoms with van der Waals surface area (Å²) in [6.07, 6.45) is 13.5. The summed E-state index contributed by atoms with van der Waals surface area (Å²) < 4.78 is 1.51. The van der Waals surface area contributed by atoms with E-state index in [2.05, 4.69) is 52.3 Å². The van der Waals surface area contributed by atoms with E-state index in [1.807, 2.05) is 30.5 Å². The van der Waals surface area contributed by atoms with E-state index < -0.39 is 5.41 Å². The summed E-state index contributed by atoms with van der Waals surface area (Å²) >= 11 is 0. The lowest BCUT2D eigenvalue weighted by atomic mass is 9.69. The number of hydrogen-bond donors (Lipinski definition) is 1. The highest BCUT2D eigenvalue weighted by atomic mass is 16.2. The van der Waals surface area contributed by atoms with Gasteiger partial charge in [-0.25, -0.2) is 0 Å². The quantitative estimate of drug-likeness (QED) is 0.639. The molecule has 5 nitrogen and oxygen atoms in total. The predicted molar refractivity (Wildman–Crippen MR) is 119 cm³/mol. The van der Waals surface area contributed by atoms with Crippen molar-refractivity contribution in [2.24, 2.45) is 0 Å². The van der Waals surface area contributed by atoms with Gasteiger partial charge in [0.2, 0.25) is 0 Å². The third-order valence-corrected chi connectivity index (χ3v) is 6.30. The van der Waals surface area contributed by atoms with Crippen molar-refractivity contribution in [3.05, 3.63) is 96.0 Å². The zero-order chi connectivity index (χ0) is 20.6. The number of carbonyl (C=O) groups excluding carboxylic acids is 1. The summed E-state index contributed by atoms with van der Waals surface area (Å²) in [6, 6.07) is 14.9. The molecule has 0 bridgehead atoms. The summed E-state index contributed by atoms with van der Waals surface area (Å²) in [4.78, 5) is 17.0. The second-order valence-corrected chi connectivity index (χ2v) is 8.02. The molecule has 0 aliphatic heterocycles. The van der Waals surface area contributed by atoms with E-state index in [9.17, 15) is 4.79 Å². The first-order valence-corrected chi connectivity index (χ1v) is 10.4. The molecule has 1 atom stereocenters. The van der Waals surface area contributed by atoms with E-state index >= 15 is 0 Å². The molecule has 1 N–H and O–H groups in total. The number of hydrogen-bond acceptors (Lipinski definition) is 4. The van der Waals surface area contributed by atoms with Gasteiger partial charge in [-0.15, -0.1) is 5.10 Å². The van der Waals surface area contributed by atoms with Crippen LogP contribution in [0.2, 0.25) is 0 Å². The molecule has 0 amide bonds. The van der Waals surface area contributed by atoms with Crippen LogP contribution < -0.4 is 5.32 Å². The van der Waals surface area contributed by atoms with Gasteiger partial charge in [0.15, 0.2) is 5.82 Å².